The third kappa shape index (κ3) is 8.57. The van der Waals surface area contributed by atoms with Crippen molar-refractivity contribution in [1.82, 2.24) is 19.3 Å². The number of carboxylic acids is 1. The highest BCUT2D eigenvalue weighted by atomic mass is 35.5. The highest BCUT2D eigenvalue weighted by Crippen LogP contribution is 2.33. The SMILES string of the molecule is COCCN1CCN([C@H]2C[C@@H](CO[C@H]3CC[C@H](C(=O)O)CC3)N(C(=O)Cc3cc(Cl)c(NC(=O)c4cn(C)c5c4C=CCC5)cc3Cl)C2)CC1. The smallest absolute Gasteiger partial charge is 0.306 e. The van der Waals surface area contributed by atoms with E-state index < -0.39 is 5.97 Å². The molecule has 272 valence electrons. The molecule has 3 heterocycles. The maximum absolute atomic E-state index is 14.0. The molecule has 2 saturated heterocycles. The predicted molar refractivity (Wildman–Crippen MR) is 194 cm³/mol. The second kappa shape index (κ2) is 16.6. The maximum atomic E-state index is 14.0. The van der Waals surface area contributed by atoms with Gasteiger partial charge in [0.2, 0.25) is 5.91 Å². The lowest BCUT2D eigenvalue weighted by Gasteiger charge is -2.37. The summed E-state index contributed by atoms with van der Waals surface area (Å²) >= 11 is 13.4. The number of carbonyl (C=O) groups is 3. The number of allylic oxidation sites excluding steroid dienone is 1. The van der Waals surface area contributed by atoms with Crippen LogP contribution in [0.15, 0.2) is 24.4 Å². The van der Waals surface area contributed by atoms with Crippen LogP contribution in [0.1, 0.15) is 65.7 Å². The predicted octanol–water partition coefficient (Wildman–Crippen LogP) is 4.98. The molecule has 3 fully saturated rings. The van der Waals surface area contributed by atoms with Gasteiger partial charge in [0.1, 0.15) is 0 Å². The van der Waals surface area contributed by atoms with Crippen molar-refractivity contribution < 1.29 is 29.0 Å². The number of likely N-dealkylation sites (tertiary alicyclic amines) is 1. The minimum Gasteiger partial charge on any atom is -0.481 e. The van der Waals surface area contributed by atoms with Crippen molar-refractivity contribution >= 4 is 52.7 Å². The zero-order chi connectivity index (χ0) is 35.4. The van der Waals surface area contributed by atoms with E-state index in [9.17, 15) is 19.5 Å². The van der Waals surface area contributed by atoms with Crippen LogP contribution in [0, 0.1) is 5.92 Å². The first-order valence-electron chi connectivity index (χ1n) is 17.8. The minimum absolute atomic E-state index is 0.000604. The number of ether oxygens (including phenoxy) is 2. The van der Waals surface area contributed by atoms with E-state index in [1.807, 2.05) is 28.8 Å². The van der Waals surface area contributed by atoms with Crippen LogP contribution in [0.25, 0.3) is 6.08 Å². The number of carbonyl (C=O) groups excluding carboxylic acids is 2. The molecule has 2 aromatic rings. The first kappa shape index (κ1) is 36.8. The van der Waals surface area contributed by atoms with E-state index in [0.717, 1.165) is 63.2 Å². The molecule has 2 N–H and O–H groups in total. The first-order valence-corrected chi connectivity index (χ1v) is 18.6. The number of hydrogen-bond donors (Lipinski definition) is 2. The summed E-state index contributed by atoms with van der Waals surface area (Å²) in [6.45, 7) is 6.43. The highest BCUT2D eigenvalue weighted by Gasteiger charge is 2.39. The van der Waals surface area contributed by atoms with Gasteiger partial charge in [-0.15, -0.1) is 0 Å². The van der Waals surface area contributed by atoms with Gasteiger partial charge in [-0.3, -0.25) is 24.2 Å². The summed E-state index contributed by atoms with van der Waals surface area (Å²) in [5, 5.41) is 13.0. The van der Waals surface area contributed by atoms with Crippen LogP contribution in [0.2, 0.25) is 10.0 Å². The molecule has 1 aromatic heterocycles. The number of aromatic nitrogens is 1. The number of rotatable bonds is 12. The molecular weight excluding hydrogens is 681 g/mol. The van der Waals surface area contributed by atoms with Crippen molar-refractivity contribution in [1.29, 1.82) is 0 Å². The lowest BCUT2D eigenvalue weighted by atomic mass is 9.87. The Balaban J connectivity index is 1.11. The van der Waals surface area contributed by atoms with Gasteiger partial charge in [0.25, 0.3) is 5.91 Å². The molecule has 6 rings (SSSR count). The third-order valence-electron chi connectivity index (χ3n) is 10.9. The van der Waals surface area contributed by atoms with Gasteiger partial charge in [0.05, 0.1) is 54.0 Å². The zero-order valence-electron chi connectivity index (χ0n) is 29.0. The molecule has 0 radical (unpaired) electrons. The molecule has 2 amide bonds. The Morgan fingerprint density at radius 1 is 1.04 bits per heavy atom. The Labute approximate surface area is 304 Å². The average molecular weight is 731 g/mol. The van der Waals surface area contributed by atoms with Gasteiger partial charge in [-0.2, -0.15) is 0 Å². The van der Waals surface area contributed by atoms with Crippen molar-refractivity contribution in [2.75, 3.05) is 64.9 Å². The van der Waals surface area contributed by atoms with E-state index in [0.29, 0.717) is 72.3 Å². The summed E-state index contributed by atoms with van der Waals surface area (Å²) in [5.74, 6) is -1.35. The monoisotopic (exact) mass is 729 g/mol. The number of aryl methyl sites for hydroxylation is 1. The van der Waals surface area contributed by atoms with Crippen LogP contribution < -0.4 is 5.32 Å². The molecule has 1 saturated carbocycles. The molecule has 2 atom stereocenters. The zero-order valence-corrected chi connectivity index (χ0v) is 30.6. The highest BCUT2D eigenvalue weighted by molar-refractivity contribution is 6.36. The van der Waals surface area contributed by atoms with Gasteiger partial charge in [-0.25, -0.2) is 0 Å². The fourth-order valence-electron chi connectivity index (χ4n) is 7.98. The fraction of sp³-hybridized carbons (Fsp3) is 0.595. The number of halogens is 2. The largest absolute Gasteiger partial charge is 0.481 e. The van der Waals surface area contributed by atoms with E-state index in [1.165, 1.54) is 0 Å². The number of amides is 2. The Kier molecular flexibility index (Phi) is 12.2. The van der Waals surface area contributed by atoms with Crippen LogP contribution in [-0.2, 0) is 39.0 Å². The Bertz CT molecular complexity index is 1580. The summed E-state index contributed by atoms with van der Waals surface area (Å²) in [5.41, 5.74) is 3.61. The van der Waals surface area contributed by atoms with E-state index in [1.54, 1.807) is 19.2 Å². The van der Waals surface area contributed by atoms with E-state index in [4.69, 9.17) is 32.7 Å². The number of aliphatic carboxylic acids is 1. The van der Waals surface area contributed by atoms with Crippen LogP contribution in [-0.4, -0.2) is 120 Å². The lowest BCUT2D eigenvalue weighted by molar-refractivity contribution is -0.144. The number of methoxy groups -OCH3 is 1. The molecule has 4 aliphatic rings. The van der Waals surface area contributed by atoms with Gasteiger partial charge in [0.15, 0.2) is 0 Å². The molecule has 50 heavy (non-hydrogen) atoms. The molecule has 2 aliphatic heterocycles. The molecule has 11 nitrogen and oxygen atoms in total. The minimum atomic E-state index is -0.734. The number of benzene rings is 1. The average Bonchev–Trinajstić information content (AvgIpc) is 3.70. The maximum Gasteiger partial charge on any atom is 0.306 e. The van der Waals surface area contributed by atoms with Gasteiger partial charge >= 0.3 is 5.97 Å². The standard InChI is InChI=1S/C37H49Cl2N5O6/c1-41-22-30(29-5-3-4-6-34(29)41)36(46)40-33-20-31(38)25(17-32(33)39)18-35(45)44-21-26(43-13-11-42(12-14-43)15-16-49-2)19-27(44)23-50-28-9-7-24(8-10-28)37(47)48/h3,5,17,20,22,24,26-28H,4,6-16,18-19,21,23H2,1-2H3,(H,40,46)(H,47,48)/t24-,26-,27-,28-/m0/s1. The van der Waals surface area contributed by atoms with Crippen molar-refractivity contribution in [2.45, 2.75) is 69.6 Å². The topological polar surface area (TPSA) is 117 Å². The number of fused-ring (bicyclic) bond motifs is 1. The molecular formula is C37H49Cl2N5O6. The quantitative estimate of drug-likeness (QED) is 0.315. The number of piperazine rings is 1. The molecule has 13 heteroatoms. The summed E-state index contributed by atoms with van der Waals surface area (Å²) in [6, 6.07) is 3.42. The number of carboxylic acid groups (broad SMARTS) is 1. The van der Waals surface area contributed by atoms with Gasteiger partial charge in [-0.05, 0) is 62.6 Å². The Hall–Kier alpha value is -2.93. The second-order valence-corrected chi connectivity index (χ2v) is 14.9. The molecule has 1 aromatic carbocycles. The number of nitrogens with one attached hydrogen (secondary N) is 1. The summed E-state index contributed by atoms with van der Waals surface area (Å²) in [4.78, 5) is 45.6. The van der Waals surface area contributed by atoms with Gasteiger partial charge in [0, 0.05) is 81.9 Å². The number of hydrogen-bond acceptors (Lipinski definition) is 7. The normalized spacial score (nSPS) is 24.4. The van der Waals surface area contributed by atoms with Gasteiger partial charge < -0.3 is 29.4 Å². The Morgan fingerprint density at radius 2 is 1.80 bits per heavy atom. The summed E-state index contributed by atoms with van der Waals surface area (Å²) in [6.07, 6.45) is 11.3. The van der Waals surface area contributed by atoms with Crippen LogP contribution >= 0.6 is 23.2 Å². The third-order valence-corrected chi connectivity index (χ3v) is 11.6. The van der Waals surface area contributed by atoms with E-state index >= 15 is 0 Å². The van der Waals surface area contributed by atoms with E-state index in [-0.39, 0.29) is 42.3 Å². The second-order valence-electron chi connectivity index (χ2n) is 14.1. The Morgan fingerprint density at radius 3 is 2.52 bits per heavy atom. The van der Waals surface area contributed by atoms with Crippen LogP contribution in [0.4, 0.5) is 5.69 Å². The van der Waals surface area contributed by atoms with Crippen LogP contribution in [0.5, 0.6) is 0 Å². The van der Waals surface area contributed by atoms with Crippen molar-refractivity contribution in [2.24, 2.45) is 13.0 Å². The van der Waals surface area contributed by atoms with Crippen LogP contribution in [0.3, 0.4) is 0 Å². The fourth-order valence-corrected chi connectivity index (χ4v) is 8.44. The molecule has 0 unspecified atom stereocenters. The van der Waals surface area contributed by atoms with Crippen molar-refractivity contribution in [3.63, 3.8) is 0 Å². The number of anilines is 1. The number of nitrogens with zero attached hydrogens (tertiary/aromatic N) is 4. The first-order chi connectivity index (χ1) is 24.1. The summed E-state index contributed by atoms with van der Waals surface area (Å²) < 4.78 is 13.6. The lowest BCUT2D eigenvalue weighted by Crippen LogP contribution is -2.51. The van der Waals surface area contributed by atoms with Crippen molar-refractivity contribution in [3.05, 3.63) is 56.8 Å². The van der Waals surface area contributed by atoms with Crippen molar-refractivity contribution in [3.8, 4) is 0 Å². The summed E-state index contributed by atoms with van der Waals surface area (Å²) in [7, 11) is 3.67. The van der Waals surface area contributed by atoms with E-state index in [2.05, 4.69) is 21.2 Å². The molecule has 0 bridgehead atoms. The van der Waals surface area contributed by atoms with Gasteiger partial charge in [-0.1, -0.05) is 35.4 Å². The molecule has 2 aliphatic carbocycles. The molecule has 0 spiro atoms.